The lowest BCUT2D eigenvalue weighted by Crippen LogP contribution is -2.18. The zero-order valence-corrected chi connectivity index (χ0v) is 27.8. The molecule has 0 bridgehead atoms. The molecule has 2 aliphatic heterocycles. The fraction of sp³-hybridized carbons (Fsp3) is 0. The first kappa shape index (κ1) is 29.6. The highest BCUT2D eigenvalue weighted by Crippen LogP contribution is 2.55. The first-order valence-electron chi connectivity index (χ1n) is 17.1. The number of fused-ring (bicyclic) bond motifs is 4. The van der Waals surface area contributed by atoms with Crippen LogP contribution in [-0.2, 0) is 0 Å². The fourth-order valence-corrected chi connectivity index (χ4v) is 6.84. The topological polar surface area (TPSA) is 63.6 Å². The van der Waals surface area contributed by atoms with Crippen LogP contribution in [0.3, 0.4) is 0 Å². The Morgan fingerprint density at radius 2 is 0.673 bits per heavy atom. The third-order valence-corrected chi connectivity index (χ3v) is 9.28. The molecule has 0 N–H and O–H groups in total. The quantitative estimate of drug-likeness (QED) is 0.180. The minimum atomic E-state index is 0.609. The Balaban J connectivity index is 1.05. The van der Waals surface area contributed by atoms with Gasteiger partial charge in [0.1, 0.15) is 0 Å². The highest BCUT2D eigenvalue weighted by Gasteiger charge is 2.30. The van der Waals surface area contributed by atoms with Crippen molar-refractivity contribution in [2.75, 3.05) is 9.80 Å². The summed E-state index contributed by atoms with van der Waals surface area (Å²) in [5.41, 5.74) is 8.53. The largest absolute Gasteiger partial charge is 0.453 e. The summed E-state index contributed by atoms with van der Waals surface area (Å²) in [5, 5.41) is 0. The van der Waals surface area contributed by atoms with Gasteiger partial charge in [-0.15, -0.1) is 0 Å². The lowest BCUT2D eigenvalue weighted by molar-refractivity contribution is 0.474. The van der Waals surface area contributed by atoms with Crippen LogP contribution < -0.4 is 19.3 Å². The van der Waals surface area contributed by atoms with E-state index in [1.807, 2.05) is 115 Å². The van der Waals surface area contributed by atoms with E-state index in [0.717, 1.165) is 73.8 Å². The number of ether oxygens (including phenoxy) is 2. The second-order valence-corrected chi connectivity index (χ2v) is 12.5. The van der Waals surface area contributed by atoms with Gasteiger partial charge in [-0.1, -0.05) is 97.1 Å². The molecule has 0 amide bonds. The van der Waals surface area contributed by atoms with Crippen LogP contribution in [0.15, 0.2) is 176 Å². The molecule has 7 aromatic carbocycles. The van der Waals surface area contributed by atoms with Crippen LogP contribution in [0.1, 0.15) is 0 Å². The molecule has 0 aliphatic carbocycles. The molecule has 3 heterocycles. The number of hydrogen-bond acceptors (Lipinski definition) is 7. The van der Waals surface area contributed by atoms with Crippen molar-refractivity contribution in [3.05, 3.63) is 176 Å². The average molecular weight is 672 g/mol. The van der Waals surface area contributed by atoms with Crippen molar-refractivity contribution in [1.82, 2.24) is 15.0 Å². The van der Waals surface area contributed by atoms with E-state index in [9.17, 15) is 0 Å². The van der Waals surface area contributed by atoms with Crippen LogP contribution in [0.4, 0.5) is 34.1 Å². The molecular weight excluding hydrogens is 643 g/mol. The van der Waals surface area contributed by atoms with Crippen molar-refractivity contribution >= 4 is 34.1 Å². The second-order valence-electron chi connectivity index (χ2n) is 12.5. The van der Waals surface area contributed by atoms with Crippen molar-refractivity contribution in [3.8, 4) is 57.2 Å². The Morgan fingerprint density at radius 1 is 0.308 bits per heavy atom. The third-order valence-electron chi connectivity index (χ3n) is 9.28. The van der Waals surface area contributed by atoms with Gasteiger partial charge in [0.2, 0.25) is 0 Å². The molecule has 0 unspecified atom stereocenters. The number of aromatic nitrogens is 3. The van der Waals surface area contributed by atoms with Crippen LogP contribution in [0.5, 0.6) is 23.0 Å². The summed E-state index contributed by atoms with van der Waals surface area (Å²) in [7, 11) is 0. The van der Waals surface area contributed by atoms with Crippen LogP contribution >= 0.6 is 0 Å². The molecule has 7 nitrogen and oxygen atoms in total. The van der Waals surface area contributed by atoms with E-state index in [1.165, 1.54) is 0 Å². The summed E-state index contributed by atoms with van der Waals surface area (Å²) in [6, 6.07) is 59.1. The van der Waals surface area contributed by atoms with Gasteiger partial charge < -0.3 is 19.3 Å². The Kier molecular flexibility index (Phi) is 6.99. The van der Waals surface area contributed by atoms with Gasteiger partial charge in [0.25, 0.3) is 0 Å². The van der Waals surface area contributed by atoms with E-state index in [4.69, 9.17) is 24.4 Å². The van der Waals surface area contributed by atoms with Crippen LogP contribution in [0.2, 0.25) is 0 Å². The zero-order chi connectivity index (χ0) is 34.4. The fourth-order valence-electron chi connectivity index (χ4n) is 6.84. The number of anilines is 6. The maximum atomic E-state index is 6.61. The van der Waals surface area contributed by atoms with Crippen LogP contribution in [0, 0.1) is 0 Å². The van der Waals surface area contributed by atoms with Gasteiger partial charge in [-0.2, -0.15) is 0 Å². The maximum Gasteiger partial charge on any atom is 0.164 e. The van der Waals surface area contributed by atoms with Crippen molar-refractivity contribution in [1.29, 1.82) is 0 Å². The minimum absolute atomic E-state index is 0.609. The van der Waals surface area contributed by atoms with Gasteiger partial charge >= 0.3 is 0 Å². The Morgan fingerprint density at radius 3 is 1.17 bits per heavy atom. The van der Waals surface area contributed by atoms with Crippen molar-refractivity contribution in [2.24, 2.45) is 0 Å². The van der Waals surface area contributed by atoms with E-state index in [-0.39, 0.29) is 0 Å². The first-order valence-corrected chi connectivity index (χ1v) is 17.1. The Labute approximate surface area is 300 Å². The summed E-state index contributed by atoms with van der Waals surface area (Å²) in [5.74, 6) is 5.00. The molecule has 52 heavy (non-hydrogen) atoms. The molecule has 0 spiro atoms. The SMILES string of the molecule is c1ccc(-c2nc(-c3ccccc3)nc(-c3ccc(N4c5ccccc5Oc5cc(N6c7ccccc7Oc7ccccc76)ccc54)cc3)n2)cc1. The molecule has 1 aromatic heterocycles. The predicted molar refractivity (Wildman–Crippen MR) is 206 cm³/mol. The number of hydrogen-bond donors (Lipinski definition) is 0. The summed E-state index contributed by atoms with van der Waals surface area (Å²) in [6.45, 7) is 0. The minimum Gasteiger partial charge on any atom is -0.453 e. The number of nitrogens with zero attached hydrogens (tertiary/aromatic N) is 5. The van der Waals surface area contributed by atoms with E-state index in [0.29, 0.717) is 17.5 Å². The van der Waals surface area contributed by atoms with Crippen molar-refractivity contribution in [3.63, 3.8) is 0 Å². The molecule has 246 valence electrons. The van der Waals surface area contributed by atoms with Gasteiger partial charge in [-0.25, -0.2) is 15.0 Å². The van der Waals surface area contributed by atoms with Gasteiger partial charge in [0.15, 0.2) is 40.5 Å². The summed E-state index contributed by atoms with van der Waals surface area (Å²) in [4.78, 5) is 19.2. The summed E-state index contributed by atoms with van der Waals surface area (Å²) >= 11 is 0. The van der Waals surface area contributed by atoms with Crippen LogP contribution in [-0.4, -0.2) is 15.0 Å². The summed E-state index contributed by atoms with van der Waals surface area (Å²) < 4.78 is 12.9. The van der Waals surface area contributed by atoms with Crippen LogP contribution in [0.25, 0.3) is 34.2 Å². The van der Waals surface area contributed by atoms with E-state index in [2.05, 4.69) is 70.5 Å². The number of para-hydroxylation sites is 6. The lowest BCUT2D eigenvalue weighted by atomic mass is 10.1. The maximum absolute atomic E-state index is 6.61. The van der Waals surface area contributed by atoms with Gasteiger partial charge in [-0.3, -0.25) is 0 Å². The van der Waals surface area contributed by atoms with E-state index >= 15 is 0 Å². The van der Waals surface area contributed by atoms with Crippen molar-refractivity contribution < 1.29 is 9.47 Å². The molecule has 10 rings (SSSR count). The Hall–Kier alpha value is -7.25. The lowest BCUT2D eigenvalue weighted by Gasteiger charge is -2.35. The highest BCUT2D eigenvalue weighted by atomic mass is 16.5. The molecule has 0 saturated carbocycles. The van der Waals surface area contributed by atoms with E-state index in [1.54, 1.807) is 0 Å². The van der Waals surface area contributed by atoms with Gasteiger partial charge in [0, 0.05) is 28.4 Å². The molecular formula is C45H29N5O2. The highest BCUT2D eigenvalue weighted by molar-refractivity contribution is 5.91. The first-order chi connectivity index (χ1) is 25.8. The average Bonchev–Trinajstić information content (AvgIpc) is 3.22. The second kappa shape index (κ2) is 12.3. The van der Waals surface area contributed by atoms with Gasteiger partial charge in [-0.05, 0) is 72.8 Å². The molecule has 2 aliphatic rings. The monoisotopic (exact) mass is 671 g/mol. The Bertz CT molecular complexity index is 2490. The molecule has 7 heteroatoms. The molecule has 0 fully saturated rings. The summed E-state index contributed by atoms with van der Waals surface area (Å²) in [6.07, 6.45) is 0. The smallest absolute Gasteiger partial charge is 0.164 e. The molecule has 0 atom stereocenters. The standard InChI is InChI=1S/C45H29N5O2/c1-3-13-30(14-4-1)43-46-44(31-15-5-2-6-16-31)48-45(47-43)32-23-25-33(26-24-32)49-35-17-7-12-22-41(35)52-42-29-34(27-28-38(42)49)50-36-18-8-10-20-39(36)51-40-21-11-9-19-37(40)50/h1-29H. The van der Waals surface area contributed by atoms with Gasteiger partial charge in [0.05, 0.1) is 28.4 Å². The molecule has 0 radical (unpaired) electrons. The zero-order valence-electron chi connectivity index (χ0n) is 27.8. The molecule has 0 saturated heterocycles. The normalized spacial score (nSPS) is 12.5. The number of rotatable bonds is 5. The predicted octanol–water partition coefficient (Wildman–Crippen LogP) is 12.0. The van der Waals surface area contributed by atoms with E-state index < -0.39 is 0 Å². The third kappa shape index (κ3) is 5.11. The van der Waals surface area contributed by atoms with Crippen molar-refractivity contribution in [2.45, 2.75) is 0 Å². The molecule has 8 aromatic rings. The number of benzene rings is 7.